The Hall–Kier alpha value is -1.69. The Balaban J connectivity index is 1.46. The zero-order chi connectivity index (χ0) is 15.1. The number of rotatable bonds is 4. The first-order valence-corrected chi connectivity index (χ1v) is 8.28. The van der Waals surface area contributed by atoms with Crippen molar-refractivity contribution < 1.29 is 4.52 Å². The van der Waals surface area contributed by atoms with Gasteiger partial charge in [-0.2, -0.15) is 10.1 Å². The van der Waals surface area contributed by atoms with Gasteiger partial charge < -0.3 is 4.52 Å². The number of hydrogen-bond donors (Lipinski definition) is 0. The van der Waals surface area contributed by atoms with Crippen LogP contribution in [0, 0.1) is 0 Å². The average molecular weight is 301 g/mol. The second-order valence-corrected chi connectivity index (χ2v) is 6.87. The molecular formula is C16H23N5O. The predicted octanol–water partition coefficient (Wildman–Crippen LogP) is 2.76. The fourth-order valence-electron chi connectivity index (χ4n) is 3.94. The normalized spacial score (nSPS) is 28.6. The van der Waals surface area contributed by atoms with E-state index in [4.69, 9.17) is 4.52 Å². The fourth-order valence-corrected chi connectivity index (χ4v) is 3.94. The Bertz CT molecular complexity index is 606. The summed E-state index contributed by atoms with van der Waals surface area (Å²) < 4.78 is 7.56. The van der Waals surface area contributed by atoms with Crippen LogP contribution >= 0.6 is 0 Å². The van der Waals surface area contributed by atoms with Crippen LogP contribution in [0.3, 0.4) is 0 Å². The Morgan fingerprint density at radius 3 is 2.59 bits per heavy atom. The minimum atomic E-state index is 0.319. The summed E-state index contributed by atoms with van der Waals surface area (Å²) in [7, 11) is 0. The van der Waals surface area contributed by atoms with Gasteiger partial charge >= 0.3 is 0 Å². The number of piperidine rings is 1. The van der Waals surface area contributed by atoms with Crippen molar-refractivity contribution in [3.8, 4) is 0 Å². The van der Waals surface area contributed by atoms with Gasteiger partial charge in [0.2, 0.25) is 5.89 Å². The average Bonchev–Trinajstić information content (AvgIpc) is 3.21. The van der Waals surface area contributed by atoms with Crippen LogP contribution in [-0.4, -0.2) is 36.9 Å². The Morgan fingerprint density at radius 1 is 1.23 bits per heavy atom. The molecule has 0 radical (unpaired) electrons. The number of fused-ring (bicyclic) bond motifs is 2. The molecule has 0 N–H and O–H groups in total. The molecule has 0 aliphatic carbocycles. The molecule has 118 valence electrons. The highest BCUT2D eigenvalue weighted by Crippen LogP contribution is 2.41. The second-order valence-electron chi connectivity index (χ2n) is 6.87. The summed E-state index contributed by atoms with van der Waals surface area (Å²) in [5.41, 5.74) is 0. The van der Waals surface area contributed by atoms with Gasteiger partial charge in [-0.1, -0.05) is 19.0 Å². The van der Waals surface area contributed by atoms with E-state index in [1.807, 2.05) is 12.3 Å². The van der Waals surface area contributed by atoms with Crippen LogP contribution in [-0.2, 0) is 6.54 Å². The van der Waals surface area contributed by atoms with Crippen LogP contribution in [0.2, 0.25) is 0 Å². The molecule has 4 rings (SSSR count). The molecule has 2 unspecified atom stereocenters. The molecule has 0 saturated carbocycles. The van der Waals surface area contributed by atoms with Gasteiger partial charge in [-0.3, -0.25) is 9.58 Å². The maximum absolute atomic E-state index is 5.43. The monoisotopic (exact) mass is 301 g/mol. The highest BCUT2D eigenvalue weighted by Gasteiger charge is 2.42. The summed E-state index contributed by atoms with van der Waals surface area (Å²) in [4.78, 5) is 7.10. The van der Waals surface area contributed by atoms with E-state index in [0.717, 1.165) is 18.3 Å². The van der Waals surface area contributed by atoms with E-state index in [9.17, 15) is 0 Å². The van der Waals surface area contributed by atoms with Crippen LogP contribution in [0.25, 0.3) is 0 Å². The number of aromatic nitrogens is 4. The van der Waals surface area contributed by atoms with Crippen molar-refractivity contribution in [3.05, 3.63) is 30.2 Å². The molecule has 0 aromatic carbocycles. The van der Waals surface area contributed by atoms with E-state index in [1.54, 1.807) is 0 Å². The van der Waals surface area contributed by atoms with E-state index >= 15 is 0 Å². The van der Waals surface area contributed by atoms with Gasteiger partial charge in [0, 0.05) is 30.4 Å². The first kappa shape index (κ1) is 13.9. The predicted molar refractivity (Wildman–Crippen MR) is 81.2 cm³/mol. The van der Waals surface area contributed by atoms with Gasteiger partial charge in [0.05, 0.1) is 12.6 Å². The van der Waals surface area contributed by atoms with Gasteiger partial charge in [-0.05, 0) is 31.7 Å². The summed E-state index contributed by atoms with van der Waals surface area (Å²) >= 11 is 0. The number of nitrogens with zero attached hydrogens (tertiary/aromatic N) is 5. The van der Waals surface area contributed by atoms with E-state index in [1.165, 1.54) is 25.7 Å². The molecule has 6 nitrogen and oxygen atoms in total. The van der Waals surface area contributed by atoms with Gasteiger partial charge in [-0.15, -0.1) is 0 Å². The van der Waals surface area contributed by atoms with Crippen LogP contribution < -0.4 is 0 Å². The zero-order valence-electron chi connectivity index (χ0n) is 13.2. The molecule has 22 heavy (non-hydrogen) atoms. The molecule has 0 spiro atoms. The van der Waals surface area contributed by atoms with Crippen molar-refractivity contribution in [1.29, 1.82) is 0 Å². The smallest absolute Gasteiger partial charge is 0.240 e. The third kappa shape index (κ3) is 2.45. The molecule has 6 heteroatoms. The highest BCUT2D eigenvalue weighted by molar-refractivity contribution is 5.00. The van der Waals surface area contributed by atoms with Crippen molar-refractivity contribution in [2.45, 2.75) is 70.1 Å². The van der Waals surface area contributed by atoms with Crippen molar-refractivity contribution in [2.24, 2.45) is 0 Å². The maximum atomic E-state index is 5.43. The molecule has 2 aliphatic rings. The minimum Gasteiger partial charge on any atom is -0.338 e. The first-order valence-electron chi connectivity index (χ1n) is 8.28. The van der Waals surface area contributed by atoms with Crippen molar-refractivity contribution in [1.82, 2.24) is 24.8 Å². The maximum Gasteiger partial charge on any atom is 0.240 e. The summed E-state index contributed by atoms with van der Waals surface area (Å²) in [6, 6.07) is 3.78. The number of hydrogen-bond acceptors (Lipinski definition) is 5. The lowest BCUT2D eigenvalue weighted by molar-refractivity contribution is 0.0838. The van der Waals surface area contributed by atoms with Gasteiger partial charge in [0.15, 0.2) is 5.82 Å². The molecule has 2 saturated heterocycles. The lowest BCUT2D eigenvalue weighted by Crippen LogP contribution is -2.43. The van der Waals surface area contributed by atoms with E-state index in [2.05, 4.69) is 44.9 Å². The van der Waals surface area contributed by atoms with Crippen LogP contribution in [0.15, 0.2) is 23.0 Å². The molecular weight excluding hydrogens is 278 g/mol. The summed E-state index contributed by atoms with van der Waals surface area (Å²) in [6.45, 7) is 4.97. The molecule has 2 aromatic heterocycles. The highest BCUT2D eigenvalue weighted by atomic mass is 16.5. The molecule has 2 bridgehead atoms. The van der Waals surface area contributed by atoms with Crippen molar-refractivity contribution in [3.63, 3.8) is 0 Å². The molecule has 2 aromatic rings. The van der Waals surface area contributed by atoms with Crippen LogP contribution in [0.1, 0.15) is 63.2 Å². The third-order valence-electron chi connectivity index (χ3n) is 5.08. The molecule has 4 heterocycles. The van der Waals surface area contributed by atoms with Crippen LogP contribution in [0.4, 0.5) is 0 Å². The molecule has 2 atom stereocenters. The largest absolute Gasteiger partial charge is 0.338 e. The molecule has 0 amide bonds. The Morgan fingerprint density at radius 2 is 2.00 bits per heavy atom. The van der Waals surface area contributed by atoms with E-state index in [0.29, 0.717) is 24.0 Å². The van der Waals surface area contributed by atoms with E-state index < -0.39 is 0 Å². The Labute approximate surface area is 130 Å². The van der Waals surface area contributed by atoms with Gasteiger partial charge in [0.25, 0.3) is 0 Å². The quantitative estimate of drug-likeness (QED) is 0.869. The summed E-state index contributed by atoms with van der Waals surface area (Å²) in [6.07, 6.45) is 8.85. The van der Waals surface area contributed by atoms with Gasteiger partial charge in [0.1, 0.15) is 0 Å². The first-order chi connectivity index (χ1) is 10.7. The standard InChI is InChI=1S/C16H23N5O/c1-11(2)16-18-15(22-19-16)10-20-12-4-5-13(20)9-14(8-12)21-7-3-6-17-21/h3,6-7,11-14H,4-5,8-10H2,1-2H3. The lowest BCUT2D eigenvalue weighted by atomic mass is 9.97. The topological polar surface area (TPSA) is 60.0 Å². The molecule has 2 fully saturated rings. The van der Waals surface area contributed by atoms with E-state index in [-0.39, 0.29) is 0 Å². The fraction of sp³-hybridized carbons (Fsp3) is 0.688. The third-order valence-corrected chi connectivity index (χ3v) is 5.08. The SMILES string of the molecule is CC(C)c1noc(CN2C3CCC2CC(n2cccn2)C3)n1. The Kier molecular flexibility index (Phi) is 3.48. The van der Waals surface area contributed by atoms with Crippen molar-refractivity contribution in [2.75, 3.05) is 0 Å². The van der Waals surface area contributed by atoms with Crippen molar-refractivity contribution >= 4 is 0 Å². The minimum absolute atomic E-state index is 0.319. The summed E-state index contributed by atoms with van der Waals surface area (Å²) in [5, 5.41) is 8.51. The summed E-state index contributed by atoms with van der Waals surface area (Å²) in [5.74, 6) is 1.90. The van der Waals surface area contributed by atoms with Gasteiger partial charge in [-0.25, -0.2) is 0 Å². The molecule has 2 aliphatic heterocycles. The zero-order valence-corrected chi connectivity index (χ0v) is 13.2. The van der Waals surface area contributed by atoms with Crippen LogP contribution in [0.5, 0.6) is 0 Å². The second kappa shape index (κ2) is 5.50. The lowest BCUT2D eigenvalue weighted by Gasteiger charge is -2.38.